The van der Waals surface area contributed by atoms with Crippen LogP contribution in [0.2, 0.25) is 0 Å². The summed E-state index contributed by atoms with van der Waals surface area (Å²) >= 11 is 0. The van der Waals surface area contributed by atoms with E-state index in [0.717, 1.165) is 29.3 Å². The minimum Gasteiger partial charge on any atom is -0.366 e. The summed E-state index contributed by atoms with van der Waals surface area (Å²) < 4.78 is 0. The number of nitrogens with two attached hydrogens (primary N) is 1. The highest BCUT2D eigenvalue weighted by Crippen LogP contribution is 2.31. The van der Waals surface area contributed by atoms with Crippen LogP contribution in [-0.4, -0.2) is 33.4 Å². The molecule has 134 valence electrons. The number of amides is 3. The predicted molar refractivity (Wildman–Crippen MR) is 96.6 cm³/mol. The van der Waals surface area contributed by atoms with Gasteiger partial charge in [0.1, 0.15) is 5.82 Å². The maximum atomic E-state index is 12.5. The molecule has 2 heterocycles. The summed E-state index contributed by atoms with van der Waals surface area (Å²) in [6.45, 7) is 0.979. The number of aromatic nitrogens is 2. The van der Waals surface area contributed by atoms with Crippen LogP contribution in [0.4, 0.5) is 10.5 Å². The van der Waals surface area contributed by atoms with Crippen molar-refractivity contribution in [1.29, 1.82) is 0 Å². The Balaban J connectivity index is 1.41. The van der Waals surface area contributed by atoms with Gasteiger partial charge in [-0.05, 0) is 42.4 Å². The van der Waals surface area contributed by atoms with E-state index in [1.807, 2.05) is 6.07 Å². The number of primary amides is 1. The highest BCUT2D eigenvalue weighted by molar-refractivity contribution is 5.95. The van der Waals surface area contributed by atoms with Crippen LogP contribution in [0.1, 0.15) is 40.2 Å². The molecule has 0 unspecified atom stereocenters. The second-order valence-electron chi connectivity index (χ2n) is 6.94. The minimum atomic E-state index is -0.428. The molecule has 4 rings (SSSR count). The van der Waals surface area contributed by atoms with Gasteiger partial charge in [-0.3, -0.25) is 4.79 Å². The smallest absolute Gasteiger partial charge is 0.322 e. The first kappa shape index (κ1) is 16.5. The van der Waals surface area contributed by atoms with E-state index in [4.69, 9.17) is 5.73 Å². The molecule has 2 aliphatic rings. The molecule has 0 atom stereocenters. The molecule has 26 heavy (non-hydrogen) atoms. The maximum Gasteiger partial charge on any atom is 0.322 e. The van der Waals surface area contributed by atoms with E-state index in [1.165, 1.54) is 12.8 Å². The predicted octanol–water partition coefficient (Wildman–Crippen LogP) is 2.12. The van der Waals surface area contributed by atoms with E-state index < -0.39 is 5.91 Å². The van der Waals surface area contributed by atoms with Crippen LogP contribution in [0.3, 0.4) is 0 Å². The van der Waals surface area contributed by atoms with Crippen LogP contribution in [-0.2, 0) is 19.4 Å². The van der Waals surface area contributed by atoms with Crippen molar-refractivity contribution in [3.8, 4) is 0 Å². The van der Waals surface area contributed by atoms with E-state index in [1.54, 1.807) is 29.4 Å². The zero-order valence-corrected chi connectivity index (χ0v) is 14.4. The lowest BCUT2D eigenvalue weighted by Gasteiger charge is -2.29. The Labute approximate surface area is 151 Å². The molecule has 1 aliphatic carbocycles. The van der Waals surface area contributed by atoms with Crippen molar-refractivity contribution in [2.24, 2.45) is 11.7 Å². The van der Waals surface area contributed by atoms with Gasteiger partial charge < -0.3 is 16.0 Å². The largest absolute Gasteiger partial charge is 0.366 e. The lowest BCUT2D eigenvalue weighted by molar-refractivity contribution is 0.0999. The summed E-state index contributed by atoms with van der Waals surface area (Å²) in [6, 6.07) is 5.26. The first-order valence-corrected chi connectivity index (χ1v) is 8.87. The van der Waals surface area contributed by atoms with Crippen molar-refractivity contribution in [1.82, 2.24) is 14.9 Å². The number of benzene rings is 1. The summed E-state index contributed by atoms with van der Waals surface area (Å²) in [5.41, 5.74) is 8.47. The Kier molecular flexibility index (Phi) is 4.28. The van der Waals surface area contributed by atoms with Gasteiger partial charge in [0.15, 0.2) is 0 Å². The van der Waals surface area contributed by atoms with Crippen LogP contribution in [0, 0.1) is 5.92 Å². The topological polar surface area (TPSA) is 101 Å². The molecule has 1 aliphatic heterocycles. The van der Waals surface area contributed by atoms with E-state index in [9.17, 15) is 9.59 Å². The zero-order chi connectivity index (χ0) is 18.1. The second-order valence-corrected chi connectivity index (χ2v) is 6.94. The molecular formula is C19H21N5O2. The number of nitrogens with one attached hydrogen (secondary N) is 1. The monoisotopic (exact) mass is 351 g/mol. The number of hydrogen-bond acceptors (Lipinski definition) is 4. The lowest BCUT2D eigenvalue weighted by Crippen LogP contribution is -2.39. The van der Waals surface area contributed by atoms with Gasteiger partial charge in [0, 0.05) is 25.1 Å². The number of nitrogens with zero attached hydrogens (tertiary/aromatic N) is 3. The number of carbonyl (C=O) groups excluding carboxylic acids is 2. The van der Waals surface area contributed by atoms with Crippen LogP contribution in [0.25, 0.3) is 0 Å². The Bertz CT molecular complexity index is 846. The second kappa shape index (κ2) is 6.74. The van der Waals surface area contributed by atoms with Gasteiger partial charge in [0.25, 0.3) is 0 Å². The normalized spacial score (nSPS) is 16.1. The molecule has 0 radical (unpaired) electrons. The fraction of sp³-hybridized carbons (Fsp3) is 0.368. The highest BCUT2D eigenvalue weighted by Gasteiger charge is 2.24. The molecule has 7 heteroatoms. The molecule has 1 fully saturated rings. The van der Waals surface area contributed by atoms with Gasteiger partial charge in [-0.1, -0.05) is 12.1 Å². The van der Waals surface area contributed by atoms with Gasteiger partial charge in [0.2, 0.25) is 5.91 Å². The van der Waals surface area contributed by atoms with Crippen molar-refractivity contribution < 1.29 is 9.59 Å². The average Bonchev–Trinajstić information content (AvgIpc) is 3.46. The molecule has 0 spiro atoms. The standard InChI is InChI=1S/C19H21N5O2/c20-18(25)16-3-1-2-13-11-24(7-6-15(13)16)19(26)23-14-9-21-17(22-10-14)8-12-4-5-12/h1-3,9-10,12H,4-8,11H2,(H2,20,25)(H,23,26). The zero-order valence-electron chi connectivity index (χ0n) is 14.4. The molecule has 2 aromatic rings. The fourth-order valence-corrected chi connectivity index (χ4v) is 3.32. The average molecular weight is 351 g/mol. The molecule has 1 aromatic heterocycles. The van der Waals surface area contributed by atoms with Gasteiger partial charge in [-0.15, -0.1) is 0 Å². The van der Waals surface area contributed by atoms with Crippen molar-refractivity contribution in [2.75, 3.05) is 11.9 Å². The minimum absolute atomic E-state index is 0.196. The first-order valence-electron chi connectivity index (χ1n) is 8.87. The van der Waals surface area contributed by atoms with Gasteiger partial charge in [0.05, 0.1) is 18.1 Å². The number of anilines is 1. The Morgan fingerprint density at radius 2 is 2.00 bits per heavy atom. The highest BCUT2D eigenvalue weighted by atomic mass is 16.2. The van der Waals surface area contributed by atoms with E-state index in [-0.39, 0.29) is 6.03 Å². The van der Waals surface area contributed by atoms with Gasteiger partial charge in [-0.25, -0.2) is 14.8 Å². The van der Waals surface area contributed by atoms with Crippen LogP contribution in [0.15, 0.2) is 30.6 Å². The first-order chi connectivity index (χ1) is 12.6. The lowest BCUT2D eigenvalue weighted by atomic mass is 9.94. The number of hydrogen-bond donors (Lipinski definition) is 2. The fourth-order valence-electron chi connectivity index (χ4n) is 3.32. The quantitative estimate of drug-likeness (QED) is 0.881. The van der Waals surface area contributed by atoms with E-state index in [2.05, 4.69) is 15.3 Å². The van der Waals surface area contributed by atoms with Crippen molar-refractivity contribution in [3.63, 3.8) is 0 Å². The molecule has 1 saturated carbocycles. The third-order valence-electron chi connectivity index (χ3n) is 4.94. The van der Waals surface area contributed by atoms with Crippen LogP contribution in [0.5, 0.6) is 0 Å². The van der Waals surface area contributed by atoms with Crippen molar-refractivity contribution in [3.05, 3.63) is 53.1 Å². The molecule has 7 nitrogen and oxygen atoms in total. The maximum absolute atomic E-state index is 12.5. The molecular weight excluding hydrogens is 330 g/mol. The third kappa shape index (κ3) is 3.51. The van der Waals surface area contributed by atoms with Gasteiger partial charge >= 0.3 is 6.03 Å². The number of urea groups is 1. The molecule has 3 N–H and O–H groups in total. The summed E-state index contributed by atoms with van der Waals surface area (Å²) in [5, 5.41) is 2.85. The number of fused-ring (bicyclic) bond motifs is 1. The Morgan fingerprint density at radius 3 is 2.69 bits per heavy atom. The summed E-state index contributed by atoms with van der Waals surface area (Å²) in [6.07, 6.45) is 7.36. The van der Waals surface area contributed by atoms with Gasteiger partial charge in [-0.2, -0.15) is 0 Å². The number of carbonyl (C=O) groups is 2. The molecule has 3 amide bonds. The Hall–Kier alpha value is -2.96. The SMILES string of the molecule is NC(=O)c1cccc2c1CCN(C(=O)Nc1cnc(CC3CC3)nc1)C2. The number of rotatable bonds is 4. The molecule has 1 aromatic carbocycles. The summed E-state index contributed by atoms with van der Waals surface area (Å²) in [4.78, 5) is 34.4. The van der Waals surface area contributed by atoms with E-state index >= 15 is 0 Å². The molecule has 0 bridgehead atoms. The van der Waals surface area contributed by atoms with Crippen molar-refractivity contribution in [2.45, 2.75) is 32.2 Å². The summed E-state index contributed by atoms with van der Waals surface area (Å²) in [7, 11) is 0. The molecule has 0 saturated heterocycles. The van der Waals surface area contributed by atoms with Crippen LogP contribution < -0.4 is 11.1 Å². The van der Waals surface area contributed by atoms with Crippen LogP contribution >= 0.6 is 0 Å². The third-order valence-corrected chi connectivity index (χ3v) is 4.94. The summed E-state index contributed by atoms with van der Waals surface area (Å²) in [5.74, 6) is 1.13. The Morgan fingerprint density at radius 1 is 1.23 bits per heavy atom. The van der Waals surface area contributed by atoms with E-state index in [0.29, 0.717) is 30.8 Å². The van der Waals surface area contributed by atoms with Crippen molar-refractivity contribution >= 4 is 17.6 Å².